The second kappa shape index (κ2) is 7.49. The second-order valence-corrected chi connectivity index (χ2v) is 4.48. The predicted molar refractivity (Wildman–Crippen MR) is 75.6 cm³/mol. The summed E-state index contributed by atoms with van der Waals surface area (Å²) in [6.07, 6.45) is 5.73. The third-order valence-corrected chi connectivity index (χ3v) is 3.58. The molecule has 18 heavy (non-hydrogen) atoms. The topological polar surface area (TPSA) is 34.2 Å². The number of pyridine rings is 1. The second-order valence-electron chi connectivity index (χ2n) is 4.48. The van der Waals surface area contributed by atoms with Crippen molar-refractivity contribution >= 4 is 0 Å². The highest BCUT2D eigenvalue weighted by Gasteiger charge is 2.37. The van der Waals surface area contributed by atoms with Crippen LogP contribution in [0, 0.1) is 0 Å². The molecule has 0 fully saturated rings. The molecule has 1 aromatic rings. The number of nitrogens with zero attached hydrogens (tertiary/aromatic N) is 1. The van der Waals surface area contributed by atoms with Crippen molar-refractivity contribution in [1.29, 1.82) is 0 Å². The Bertz CT molecular complexity index is 323. The molecule has 3 nitrogen and oxygen atoms in total. The van der Waals surface area contributed by atoms with Crippen LogP contribution in [0.3, 0.4) is 0 Å². The molecule has 0 saturated heterocycles. The van der Waals surface area contributed by atoms with Crippen LogP contribution in [0.15, 0.2) is 24.5 Å². The highest BCUT2D eigenvalue weighted by molar-refractivity contribution is 5.18. The Labute approximate surface area is 111 Å². The van der Waals surface area contributed by atoms with Gasteiger partial charge in [-0.3, -0.25) is 4.98 Å². The average Bonchev–Trinajstić information content (AvgIpc) is 2.44. The maximum Gasteiger partial charge on any atom is 0.0871 e. The maximum atomic E-state index is 6.11. The highest BCUT2D eigenvalue weighted by Crippen LogP contribution is 2.35. The largest absolute Gasteiger partial charge is 0.373 e. The molecule has 1 atom stereocenters. The molecule has 1 N–H and O–H groups in total. The first-order valence-corrected chi connectivity index (χ1v) is 7.01. The van der Waals surface area contributed by atoms with E-state index in [9.17, 15) is 0 Å². The van der Waals surface area contributed by atoms with Gasteiger partial charge in [-0.2, -0.15) is 0 Å². The smallest absolute Gasteiger partial charge is 0.0871 e. The molecule has 0 aliphatic heterocycles. The highest BCUT2D eigenvalue weighted by atomic mass is 16.5. The van der Waals surface area contributed by atoms with Crippen LogP contribution in [0.1, 0.15) is 52.1 Å². The van der Waals surface area contributed by atoms with Crippen molar-refractivity contribution in [1.82, 2.24) is 10.3 Å². The van der Waals surface area contributed by atoms with Gasteiger partial charge in [-0.15, -0.1) is 0 Å². The number of nitrogens with one attached hydrogen (secondary N) is 1. The number of hydrogen-bond acceptors (Lipinski definition) is 3. The first kappa shape index (κ1) is 15.1. The Kier molecular flexibility index (Phi) is 6.30. The monoisotopic (exact) mass is 250 g/mol. The van der Waals surface area contributed by atoms with Crippen LogP contribution in [0.2, 0.25) is 0 Å². The molecule has 0 amide bonds. The molecule has 0 bridgehead atoms. The van der Waals surface area contributed by atoms with Gasteiger partial charge in [-0.1, -0.05) is 26.8 Å². The average molecular weight is 250 g/mol. The zero-order valence-corrected chi connectivity index (χ0v) is 12.1. The van der Waals surface area contributed by atoms with Gasteiger partial charge in [0.1, 0.15) is 0 Å². The van der Waals surface area contributed by atoms with E-state index >= 15 is 0 Å². The summed E-state index contributed by atoms with van der Waals surface area (Å²) in [5.41, 5.74) is 1.06. The van der Waals surface area contributed by atoms with Gasteiger partial charge in [0.2, 0.25) is 0 Å². The molecule has 0 aliphatic carbocycles. The van der Waals surface area contributed by atoms with Gasteiger partial charge < -0.3 is 10.1 Å². The zero-order chi connectivity index (χ0) is 13.4. The van der Waals surface area contributed by atoms with E-state index in [2.05, 4.69) is 44.1 Å². The van der Waals surface area contributed by atoms with Crippen LogP contribution >= 0.6 is 0 Å². The lowest BCUT2D eigenvalue weighted by Crippen LogP contribution is -2.45. The number of likely N-dealkylation sites (N-methyl/N-ethyl adjacent to an activating group) is 1. The van der Waals surface area contributed by atoms with Crippen molar-refractivity contribution in [2.45, 2.75) is 52.2 Å². The fraction of sp³-hybridized carbons (Fsp3) is 0.667. The Morgan fingerprint density at radius 1 is 1.28 bits per heavy atom. The quantitative estimate of drug-likeness (QED) is 0.768. The van der Waals surface area contributed by atoms with Gasteiger partial charge in [-0.05, 0) is 37.9 Å². The van der Waals surface area contributed by atoms with Crippen LogP contribution in [-0.4, -0.2) is 23.7 Å². The Balaban J connectivity index is 3.08. The normalized spacial score (nSPS) is 13.6. The van der Waals surface area contributed by atoms with E-state index < -0.39 is 0 Å². The zero-order valence-electron chi connectivity index (χ0n) is 12.1. The lowest BCUT2D eigenvalue weighted by atomic mass is 9.84. The summed E-state index contributed by atoms with van der Waals surface area (Å²) in [5, 5.41) is 3.56. The van der Waals surface area contributed by atoms with E-state index in [4.69, 9.17) is 4.74 Å². The standard InChI is InChI=1S/C15H26N2O/c1-5-15(6-2,18-8-4)14(17-7-3)13-10-9-11-16-12-13/h9-12,14,17H,5-8H2,1-4H3. The van der Waals surface area contributed by atoms with Crippen molar-refractivity contribution in [3.8, 4) is 0 Å². The van der Waals surface area contributed by atoms with Crippen LogP contribution in [0.4, 0.5) is 0 Å². The molecular weight excluding hydrogens is 224 g/mol. The fourth-order valence-electron chi connectivity index (χ4n) is 2.59. The molecule has 0 radical (unpaired) electrons. The van der Waals surface area contributed by atoms with Gasteiger partial charge in [-0.25, -0.2) is 0 Å². The molecule has 1 aromatic heterocycles. The molecule has 1 unspecified atom stereocenters. The van der Waals surface area contributed by atoms with Gasteiger partial charge in [0.25, 0.3) is 0 Å². The molecule has 0 aliphatic rings. The van der Waals surface area contributed by atoms with E-state index in [1.54, 1.807) is 0 Å². The minimum atomic E-state index is -0.145. The van der Waals surface area contributed by atoms with Crippen molar-refractivity contribution in [3.05, 3.63) is 30.1 Å². The summed E-state index contributed by atoms with van der Waals surface area (Å²) in [6, 6.07) is 4.31. The van der Waals surface area contributed by atoms with Crippen molar-refractivity contribution in [2.24, 2.45) is 0 Å². The minimum absolute atomic E-state index is 0.145. The molecule has 0 saturated carbocycles. The summed E-state index contributed by atoms with van der Waals surface area (Å²) in [4.78, 5) is 4.23. The maximum absolute atomic E-state index is 6.11. The Morgan fingerprint density at radius 2 is 2.00 bits per heavy atom. The lowest BCUT2D eigenvalue weighted by molar-refractivity contribution is -0.0730. The number of hydrogen-bond donors (Lipinski definition) is 1. The number of rotatable bonds is 8. The van der Waals surface area contributed by atoms with Crippen molar-refractivity contribution in [2.75, 3.05) is 13.2 Å². The molecular formula is C15H26N2O. The van der Waals surface area contributed by atoms with E-state index in [0.717, 1.165) is 26.0 Å². The van der Waals surface area contributed by atoms with Crippen LogP contribution in [0.5, 0.6) is 0 Å². The van der Waals surface area contributed by atoms with Crippen LogP contribution < -0.4 is 5.32 Å². The number of ether oxygens (including phenoxy) is 1. The molecule has 1 rings (SSSR count). The molecule has 102 valence electrons. The summed E-state index contributed by atoms with van der Waals surface area (Å²) < 4.78 is 6.11. The van der Waals surface area contributed by atoms with Gasteiger partial charge in [0, 0.05) is 19.0 Å². The summed E-state index contributed by atoms with van der Waals surface area (Å²) >= 11 is 0. The van der Waals surface area contributed by atoms with Crippen LogP contribution in [0.25, 0.3) is 0 Å². The van der Waals surface area contributed by atoms with E-state index in [1.165, 1.54) is 5.56 Å². The van der Waals surface area contributed by atoms with Crippen molar-refractivity contribution in [3.63, 3.8) is 0 Å². The summed E-state index contributed by atoms with van der Waals surface area (Å²) in [6.45, 7) is 10.2. The summed E-state index contributed by atoms with van der Waals surface area (Å²) in [7, 11) is 0. The fourth-order valence-corrected chi connectivity index (χ4v) is 2.59. The Hall–Kier alpha value is -0.930. The van der Waals surface area contributed by atoms with E-state index in [1.807, 2.05) is 18.5 Å². The molecule has 0 spiro atoms. The van der Waals surface area contributed by atoms with Gasteiger partial charge in [0.05, 0.1) is 11.6 Å². The minimum Gasteiger partial charge on any atom is -0.373 e. The van der Waals surface area contributed by atoms with E-state index in [-0.39, 0.29) is 11.6 Å². The third kappa shape index (κ3) is 3.30. The predicted octanol–water partition coefficient (Wildman–Crippen LogP) is 3.33. The van der Waals surface area contributed by atoms with Gasteiger partial charge in [0.15, 0.2) is 0 Å². The Morgan fingerprint density at radius 3 is 2.44 bits per heavy atom. The van der Waals surface area contributed by atoms with Gasteiger partial charge >= 0.3 is 0 Å². The third-order valence-electron chi connectivity index (χ3n) is 3.58. The first-order valence-electron chi connectivity index (χ1n) is 7.01. The van der Waals surface area contributed by atoms with E-state index in [0.29, 0.717) is 0 Å². The molecule has 1 heterocycles. The molecule has 3 heteroatoms. The lowest BCUT2D eigenvalue weighted by Gasteiger charge is -2.40. The molecule has 0 aromatic carbocycles. The first-order chi connectivity index (χ1) is 8.74. The summed E-state index contributed by atoms with van der Waals surface area (Å²) in [5.74, 6) is 0. The SMILES string of the molecule is CCNC(c1cccnc1)C(CC)(CC)OCC. The number of aromatic nitrogens is 1. The van der Waals surface area contributed by atoms with Crippen molar-refractivity contribution < 1.29 is 4.74 Å². The van der Waals surface area contributed by atoms with Crippen LogP contribution in [-0.2, 0) is 4.74 Å².